The number of nitro benzene ring substituents is 1. The van der Waals surface area contributed by atoms with Crippen molar-refractivity contribution in [3.05, 3.63) is 110 Å². The van der Waals surface area contributed by atoms with E-state index in [0.717, 1.165) is 10.0 Å². The average molecular weight is 608 g/mol. The fourth-order valence-corrected chi connectivity index (χ4v) is 5.60. The first-order chi connectivity index (χ1) is 20.0. The minimum Gasteiger partial charge on any atom is -0.457 e. The number of carbonyl (C=O) groups is 4. The molecule has 1 aliphatic carbocycles. The Hall–Kier alpha value is -4.54. The average Bonchev–Trinajstić information content (AvgIpc) is 3.22. The number of Topliss-reactive ketones (excluding diaryl/α,β-unsaturated/α-hetero) is 1. The third-order valence-electron chi connectivity index (χ3n) is 7.24. The van der Waals surface area contributed by atoms with Crippen molar-refractivity contribution in [2.45, 2.75) is 13.3 Å². The molecule has 10 nitrogen and oxygen atoms in total. The van der Waals surface area contributed by atoms with Crippen LogP contribution in [0.4, 0.5) is 5.69 Å². The van der Waals surface area contributed by atoms with Crippen LogP contribution >= 0.6 is 23.2 Å². The molecule has 0 aromatic heterocycles. The SMILES string of the molecule is C[C@@H]1C=CC[C@@H]2C(=O)N(N(CC(=O)c3ccc(Oc4ccc([N+](=O)[O-])cc4)cc3)C(=O)c3ccc(Cl)cc3Cl)C(=O)[C@@H]12. The molecule has 0 radical (unpaired) electrons. The highest BCUT2D eigenvalue weighted by molar-refractivity contribution is 6.36. The smallest absolute Gasteiger partial charge is 0.274 e. The van der Waals surface area contributed by atoms with E-state index in [1.54, 1.807) is 0 Å². The normalized spacial score (nSPS) is 19.4. The van der Waals surface area contributed by atoms with Gasteiger partial charge in [0, 0.05) is 22.7 Å². The maximum absolute atomic E-state index is 13.8. The monoisotopic (exact) mass is 607 g/mol. The summed E-state index contributed by atoms with van der Waals surface area (Å²) in [6, 6.07) is 15.7. The predicted octanol–water partition coefficient (Wildman–Crippen LogP) is 6.13. The van der Waals surface area contributed by atoms with Gasteiger partial charge in [0.2, 0.25) is 0 Å². The molecule has 5 rings (SSSR count). The summed E-state index contributed by atoms with van der Waals surface area (Å²) in [6.07, 6.45) is 4.06. The van der Waals surface area contributed by atoms with Gasteiger partial charge in [-0.25, -0.2) is 5.01 Å². The quantitative estimate of drug-likeness (QED) is 0.0990. The molecular formula is C30H23Cl2N3O7. The van der Waals surface area contributed by atoms with Gasteiger partial charge >= 0.3 is 0 Å². The van der Waals surface area contributed by atoms with E-state index in [0.29, 0.717) is 17.9 Å². The van der Waals surface area contributed by atoms with E-state index in [2.05, 4.69) is 0 Å². The van der Waals surface area contributed by atoms with Crippen LogP contribution in [0.1, 0.15) is 34.1 Å². The molecule has 2 aliphatic rings. The Kier molecular flexibility index (Phi) is 8.11. The second-order valence-corrected chi connectivity index (χ2v) is 10.8. The van der Waals surface area contributed by atoms with Crippen LogP contribution in [0.2, 0.25) is 10.0 Å². The molecular weight excluding hydrogens is 585 g/mol. The van der Waals surface area contributed by atoms with E-state index in [-0.39, 0.29) is 32.8 Å². The second kappa shape index (κ2) is 11.8. The molecule has 3 atom stereocenters. The second-order valence-electron chi connectivity index (χ2n) is 9.93. The molecule has 12 heteroatoms. The third kappa shape index (κ3) is 5.63. The molecule has 42 heavy (non-hydrogen) atoms. The number of amides is 3. The summed E-state index contributed by atoms with van der Waals surface area (Å²) in [4.78, 5) is 64.5. The summed E-state index contributed by atoms with van der Waals surface area (Å²) >= 11 is 12.3. The molecule has 1 aliphatic heterocycles. The van der Waals surface area contributed by atoms with Crippen molar-refractivity contribution < 1.29 is 28.8 Å². The van der Waals surface area contributed by atoms with Gasteiger partial charge in [0.15, 0.2) is 5.78 Å². The van der Waals surface area contributed by atoms with Crippen molar-refractivity contribution >= 4 is 52.4 Å². The zero-order valence-electron chi connectivity index (χ0n) is 22.1. The highest BCUT2D eigenvalue weighted by atomic mass is 35.5. The predicted molar refractivity (Wildman–Crippen MR) is 153 cm³/mol. The van der Waals surface area contributed by atoms with Crippen molar-refractivity contribution in [1.29, 1.82) is 0 Å². The zero-order chi connectivity index (χ0) is 30.1. The lowest BCUT2D eigenvalue weighted by atomic mass is 9.78. The largest absolute Gasteiger partial charge is 0.457 e. The number of ether oxygens (including phenoxy) is 1. The van der Waals surface area contributed by atoms with Crippen molar-refractivity contribution in [1.82, 2.24) is 10.0 Å². The minimum absolute atomic E-state index is 0.00393. The van der Waals surface area contributed by atoms with Gasteiger partial charge < -0.3 is 4.74 Å². The van der Waals surface area contributed by atoms with E-state index in [1.165, 1.54) is 66.7 Å². The summed E-state index contributed by atoms with van der Waals surface area (Å²) in [6.45, 7) is 1.22. The lowest BCUT2D eigenvalue weighted by Gasteiger charge is -2.30. The summed E-state index contributed by atoms with van der Waals surface area (Å²) in [5.41, 5.74) is 0.0854. The highest BCUT2D eigenvalue weighted by Gasteiger charge is 2.53. The van der Waals surface area contributed by atoms with Crippen LogP contribution in [0, 0.1) is 27.9 Å². The highest BCUT2D eigenvalue weighted by Crippen LogP contribution is 2.39. The molecule has 3 aromatic rings. The van der Waals surface area contributed by atoms with Gasteiger partial charge in [-0.15, -0.1) is 0 Å². The maximum Gasteiger partial charge on any atom is 0.274 e. The lowest BCUT2D eigenvalue weighted by Crippen LogP contribution is -2.52. The topological polar surface area (TPSA) is 127 Å². The van der Waals surface area contributed by atoms with E-state index in [1.807, 2.05) is 19.1 Å². The van der Waals surface area contributed by atoms with Crippen molar-refractivity contribution in [2.75, 3.05) is 6.54 Å². The number of nitro groups is 1. The Balaban J connectivity index is 1.40. The van der Waals surface area contributed by atoms with Crippen LogP contribution in [-0.4, -0.2) is 45.0 Å². The van der Waals surface area contributed by atoms with Crippen molar-refractivity contribution in [3.8, 4) is 11.5 Å². The molecule has 0 bridgehead atoms. The fraction of sp³-hybridized carbons (Fsp3) is 0.200. The van der Waals surface area contributed by atoms with Crippen LogP contribution in [0.3, 0.4) is 0 Å². The van der Waals surface area contributed by atoms with E-state index in [4.69, 9.17) is 27.9 Å². The number of benzene rings is 3. The first-order valence-electron chi connectivity index (χ1n) is 12.9. The molecule has 3 aromatic carbocycles. The molecule has 0 unspecified atom stereocenters. The number of fused-ring (bicyclic) bond motifs is 1. The number of allylic oxidation sites excluding steroid dienone is 2. The van der Waals surface area contributed by atoms with Gasteiger partial charge in [-0.05, 0) is 66.9 Å². The van der Waals surface area contributed by atoms with Crippen LogP contribution in [0.5, 0.6) is 11.5 Å². The zero-order valence-corrected chi connectivity index (χ0v) is 23.6. The maximum atomic E-state index is 13.8. The molecule has 0 saturated carbocycles. The summed E-state index contributed by atoms with van der Waals surface area (Å²) in [5, 5.41) is 12.8. The molecule has 3 amide bonds. The van der Waals surface area contributed by atoms with Crippen molar-refractivity contribution in [3.63, 3.8) is 0 Å². The van der Waals surface area contributed by atoms with Crippen LogP contribution in [-0.2, 0) is 9.59 Å². The number of rotatable bonds is 8. The van der Waals surface area contributed by atoms with Crippen LogP contribution in [0.25, 0.3) is 0 Å². The van der Waals surface area contributed by atoms with E-state index in [9.17, 15) is 29.3 Å². The van der Waals surface area contributed by atoms with Gasteiger partial charge in [0.05, 0.1) is 27.3 Å². The summed E-state index contributed by atoms with van der Waals surface area (Å²) in [5.74, 6) is -3.26. The Labute approximate surface area is 250 Å². The number of imide groups is 1. The van der Waals surface area contributed by atoms with Gasteiger partial charge in [0.1, 0.15) is 18.0 Å². The van der Waals surface area contributed by atoms with Gasteiger partial charge in [-0.3, -0.25) is 29.3 Å². The molecule has 0 N–H and O–H groups in total. The third-order valence-corrected chi connectivity index (χ3v) is 7.79. The number of hydrogen-bond donors (Lipinski definition) is 0. The number of hydrazine groups is 1. The Morgan fingerprint density at radius 2 is 1.64 bits per heavy atom. The number of halogens is 2. The lowest BCUT2D eigenvalue weighted by molar-refractivity contribution is -0.384. The first-order valence-corrected chi connectivity index (χ1v) is 13.7. The van der Waals surface area contributed by atoms with Crippen LogP contribution in [0.15, 0.2) is 78.9 Å². The molecule has 1 saturated heterocycles. The molecule has 0 spiro atoms. The first kappa shape index (κ1) is 29.0. The van der Waals surface area contributed by atoms with Crippen molar-refractivity contribution in [2.24, 2.45) is 17.8 Å². The summed E-state index contributed by atoms with van der Waals surface area (Å²) in [7, 11) is 0. The number of ketones is 1. The van der Waals surface area contributed by atoms with Gasteiger partial charge in [0.25, 0.3) is 23.4 Å². The number of nitrogens with zero attached hydrogens (tertiary/aromatic N) is 3. The fourth-order valence-electron chi connectivity index (χ4n) is 5.11. The number of non-ortho nitro benzene ring substituents is 1. The molecule has 1 fully saturated rings. The van der Waals surface area contributed by atoms with Gasteiger partial charge in [-0.1, -0.05) is 42.3 Å². The molecule has 214 valence electrons. The molecule has 1 heterocycles. The summed E-state index contributed by atoms with van der Waals surface area (Å²) < 4.78 is 5.69. The number of carbonyl (C=O) groups excluding carboxylic acids is 4. The van der Waals surface area contributed by atoms with Crippen LogP contribution < -0.4 is 4.74 Å². The Morgan fingerprint density at radius 3 is 2.24 bits per heavy atom. The standard InChI is InChI=1S/C30H23Cl2N3O7/c1-17-3-2-4-24-27(17)30(39)34(29(24)38)33(28(37)23-14-7-19(31)15-25(23)32)16-26(36)18-5-10-21(11-6-18)42-22-12-8-20(9-13-22)35(40)41/h2-3,5-15,17,24,27H,4,16H2,1H3/t17-,24+,27+/m1/s1. The Bertz CT molecular complexity index is 1620. The van der Waals surface area contributed by atoms with E-state index < -0.39 is 46.8 Å². The Morgan fingerprint density at radius 1 is 1.00 bits per heavy atom. The van der Waals surface area contributed by atoms with E-state index >= 15 is 0 Å². The minimum atomic E-state index is -0.802. The number of hydrogen-bond acceptors (Lipinski definition) is 7. The van der Waals surface area contributed by atoms with Gasteiger partial charge in [-0.2, -0.15) is 5.01 Å².